The molecule has 0 saturated carbocycles. The molecule has 1 unspecified atom stereocenters. The summed E-state index contributed by atoms with van der Waals surface area (Å²) in [5.41, 5.74) is 3.17. The van der Waals surface area contributed by atoms with Gasteiger partial charge in [0.05, 0.1) is 18.2 Å². The highest BCUT2D eigenvalue weighted by molar-refractivity contribution is 5.97. The molecule has 2 aromatic carbocycles. The molecule has 30 heavy (non-hydrogen) atoms. The Labute approximate surface area is 173 Å². The molecule has 3 heterocycles. The lowest BCUT2D eigenvalue weighted by atomic mass is 10.1. The molecule has 5 nitrogen and oxygen atoms in total. The maximum atomic E-state index is 13.9. The largest absolute Gasteiger partial charge is 0.440 e. The third-order valence-electron chi connectivity index (χ3n) is 5.52. The smallest absolute Gasteiger partial charge is 0.254 e. The monoisotopic (exact) mass is 401 g/mol. The molecule has 6 heteroatoms. The lowest BCUT2D eigenvalue weighted by Crippen LogP contribution is -2.30. The minimum absolute atomic E-state index is 0.0132. The summed E-state index contributed by atoms with van der Waals surface area (Å²) in [4.78, 5) is 24.0. The van der Waals surface area contributed by atoms with Gasteiger partial charge in [-0.05, 0) is 54.8 Å². The number of aromatic nitrogens is 2. The summed E-state index contributed by atoms with van der Waals surface area (Å²) in [5.74, 6) is 0.0922. The first-order valence-electron chi connectivity index (χ1n) is 10.0. The normalized spacial score (nSPS) is 16.3. The number of oxazole rings is 1. The second-order valence-corrected chi connectivity index (χ2v) is 7.47. The van der Waals surface area contributed by atoms with Gasteiger partial charge in [0.25, 0.3) is 5.91 Å². The average molecular weight is 401 g/mol. The van der Waals surface area contributed by atoms with Crippen LogP contribution in [0.4, 0.5) is 4.39 Å². The summed E-state index contributed by atoms with van der Waals surface area (Å²) in [6, 6.07) is 17.6. The first kappa shape index (κ1) is 18.5. The minimum atomic E-state index is -0.287. The van der Waals surface area contributed by atoms with Crippen LogP contribution in [-0.4, -0.2) is 27.3 Å². The molecule has 5 rings (SSSR count). The van der Waals surface area contributed by atoms with Crippen molar-refractivity contribution in [2.24, 2.45) is 0 Å². The number of amides is 1. The number of likely N-dealkylation sites (tertiary alicyclic amines) is 1. The van der Waals surface area contributed by atoms with E-state index in [1.165, 1.54) is 6.07 Å². The van der Waals surface area contributed by atoms with Crippen molar-refractivity contribution in [3.63, 3.8) is 0 Å². The van der Waals surface area contributed by atoms with Crippen LogP contribution < -0.4 is 0 Å². The van der Waals surface area contributed by atoms with Crippen LogP contribution in [0.5, 0.6) is 0 Å². The van der Waals surface area contributed by atoms with Crippen LogP contribution in [0, 0.1) is 5.82 Å². The van der Waals surface area contributed by atoms with Gasteiger partial charge in [0.1, 0.15) is 11.3 Å². The summed E-state index contributed by atoms with van der Waals surface area (Å²) in [6.45, 7) is 0.701. The van der Waals surface area contributed by atoms with Crippen molar-refractivity contribution in [1.82, 2.24) is 14.9 Å². The van der Waals surface area contributed by atoms with E-state index in [1.54, 1.807) is 42.6 Å². The van der Waals surface area contributed by atoms with E-state index in [0.717, 1.165) is 18.5 Å². The van der Waals surface area contributed by atoms with Crippen molar-refractivity contribution in [2.45, 2.75) is 25.3 Å². The van der Waals surface area contributed by atoms with Gasteiger partial charge >= 0.3 is 0 Å². The first-order valence-corrected chi connectivity index (χ1v) is 10.0. The number of hydrogen-bond donors (Lipinski definition) is 0. The SMILES string of the molecule is O=C(c1ccc2nc(Cc3ccccc3F)oc2c1)N1CCCC1c1ccccn1. The molecule has 1 atom stereocenters. The maximum absolute atomic E-state index is 13.9. The van der Waals surface area contributed by atoms with Gasteiger partial charge in [-0.3, -0.25) is 9.78 Å². The third kappa shape index (κ3) is 3.45. The van der Waals surface area contributed by atoms with Gasteiger partial charge < -0.3 is 9.32 Å². The summed E-state index contributed by atoms with van der Waals surface area (Å²) >= 11 is 0. The quantitative estimate of drug-likeness (QED) is 0.487. The molecule has 1 saturated heterocycles. The van der Waals surface area contributed by atoms with Crippen molar-refractivity contribution in [1.29, 1.82) is 0 Å². The molecule has 0 aliphatic carbocycles. The fraction of sp³-hybridized carbons (Fsp3) is 0.208. The second kappa shape index (κ2) is 7.71. The van der Waals surface area contributed by atoms with Crippen LogP contribution in [0.25, 0.3) is 11.1 Å². The van der Waals surface area contributed by atoms with E-state index in [1.807, 2.05) is 23.1 Å². The van der Waals surface area contributed by atoms with E-state index < -0.39 is 0 Å². The molecule has 1 aliphatic rings. The topological polar surface area (TPSA) is 59.2 Å². The Kier molecular flexibility index (Phi) is 4.75. The van der Waals surface area contributed by atoms with Crippen LogP contribution in [0.1, 0.15) is 46.4 Å². The fourth-order valence-electron chi connectivity index (χ4n) is 4.04. The number of benzene rings is 2. The van der Waals surface area contributed by atoms with E-state index in [-0.39, 0.29) is 24.2 Å². The highest BCUT2D eigenvalue weighted by Crippen LogP contribution is 2.32. The van der Waals surface area contributed by atoms with Gasteiger partial charge in [-0.1, -0.05) is 24.3 Å². The zero-order valence-electron chi connectivity index (χ0n) is 16.3. The van der Waals surface area contributed by atoms with Crippen LogP contribution in [-0.2, 0) is 6.42 Å². The zero-order valence-corrected chi connectivity index (χ0v) is 16.3. The molecule has 0 bridgehead atoms. The lowest BCUT2D eigenvalue weighted by Gasteiger charge is -2.24. The Morgan fingerprint density at radius 3 is 2.83 bits per heavy atom. The standard InChI is InChI=1S/C24H20FN3O2/c25-18-7-2-1-6-16(18)15-23-27-20-11-10-17(14-22(20)30-23)24(29)28-13-5-9-21(28)19-8-3-4-12-26-19/h1-4,6-8,10-12,14,21H,5,9,13,15H2. The molecular weight excluding hydrogens is 381 g/mol. The summed E-state index contributed by atoms with van der Waals surface area (Å²) < 4.78 is 19.8. The zero-order chi connectivity index (χ0) is 20.5. The second-order valence-electron chi connectivity index (χ2n) is 7.47. The van der Waals surface area contributed by atoms with E-state index in [4.69, 9.17) is 4.42 Å². The van der Waals surface area contributed by atoms with Crippen LogP contribution in [0.2, 0.25) is 0 Å². The molecule has 0 N–H and O–H groups in total. The molecule has 1 amide bonds. The van der Waals surface area contributed by atoms with E-state index in [2.05, 4.69) is 9.97 Å². The van der Waals surface area contributed by atoms with Crippen molar-refractivity contribution in [3.8, 4) is 0 Å². The van der Waals surface area contributed by atoms with Gasteiger partial charge in [0.2, 0.25) is 0 Å². The van der Waals surface area contributed by atoms with Crippen LogP contribution >= 0.6 is 0 Å². The van der Waals surface area contributed by atoms with Crippen molar-refractivity contribution in [2.75, 3.05) is 6.54 Å². The minimum Gasteiger partial charge on any atom is -0.440 e. The number of rotatable bonds is 4. The lowest BCUT2D eigenvalue weighted by molar-refractivity contribution is 0.0733. The highest BCUT2D eigenvalue weighted by Gasteiger charge is 2.31. The molecular formula is C24H20FN3O2. The van der Waals surface area contributed by atoms with Crippen LogP contribution in [0.15, 0.2) is 71.3 Å². The Morgan fingerprint density at radius 2 is 2.00 bits per heavy atom. The van der Waals surface area contributed by atoms with Crippen molar-refractivity contribution in [3.05, 3.63) is 95.4 Å². The van der Waals surface area contributed by atoms with Gasteiger partial charge in [-0.15, -0.1) is 0 Å². The summed E-state index contributed by atoms with van der Waals surface area (Å²) in [6.07, 6.45) is 3.87. The van der Waals surface area contributed by atoms with Gasteiger partial charge in [-0.2, -0.15) is 0 Å². The summed E-state index contributed by atoms with van der Waals surface area (Å²) in [7, 11) is 0. The van der Waals surface area contributed by atoms with E-state index in [9.17, 15) is 9.18 Å². The molecule has 1 aliphatic heterocycles. The van der Waals surface area contributed by atoms with Crippen molar-refractivity contribution >= 4 is 17.0 Å². The van der Waals surface area contributed by atoms with Gasteiger partial charge in [0.15, 0.2) is 11.5 Å². The Morgan fingerprint density at radius 1 is 1.13 bits per heavy atom. The fourth-order valence-corrected chi connectivity index (χ4v) is 4.04. The predicted molar refractivity (Wildman–Crippen MR) is 110 cm³/mol. The Hall–Kier alpha value is -3.54. The Bertz CT molecular complexity index is 1210. The number of nitrogens with zero attached hydrogens (tertiary/aromatic N) is 3. The maximum Gasteiger partial charge on any atom is 0.254 e. The van der Waals surface area contributed by atoms with E-state index in [0.29, 0.717) is 34.7 Å². The number of pyridine rings is 1. The molecule has 4 aromatic rings. The highest BCUT2D eigenvalue weighted by atomic mass is 19.1. The Balaban J connectivity index is 1.41. The number of carbonyl (C=O) groups excluding carboxylic acids is 1. The molecule has 0 spiro atoms. The molecule has 1 fully saturated rings. The average Bonchev–Trinajstić information content (AvgIpc) is 3.41. The molecule has 0 radical (unpaired) electrons. The van der Waals surface area contributed by atoms with E-state index >= 15 is 0 Å². The number of fused-ring (bicyclic) bond motifs is 1. The molecule has 150 valence electrons. The van der Waals surface area contributed by atoms with Gasteiger partial charge in [-0.25, -0.2) is 9.37 Å². The van der Waals surface area contributed by atoms with Crippen molar-refractivity contribution < 1.29 is 13.6 Å². The number of hydrogen-bond acceptors (Lipinski definition) is 4. The van der Waals surface area contributed by atoms with Gasteiger partial charge in [0, 0.05) is 18.3 Å². The third-order valence-corrected chi connectivity index (χ3v) is 5.52. The predicted octanol–water partition coefficient (Wildman–Crippen LogP) is 4.93. The first-order chi connectivity index (χ1) is 14.7. The summed E-state index contributed by atoms with van der Waals surface area (Å²) in [5, 5.41) is 0. The molecule has 2 aromatic heterocycles. The number of carbonyl (C=O) groups is 1. The number of halogens is 1. The van der Waals surface area contributed by atoms with Crippen LogP contribution in [0.3, 0.4) is 0 Å².